The van der Waals surface area contributed by atoms with E-state index in [2.05, 4.69) is 15.5 Å². The molecule has 36 heavy (non-hydrogen) atoms. The summed E-state index contributed by atoms with van der Waals surface area (Å²) in [6.07, 6.45) is 0. The molecule has 186 valence electrons. The zero-order valence-electron chi connectivity index (χ0n) is 19.1. The molecule has 2 aromatic carbocycles. The molecule has 1 aromatic heterocycles. The van der Waals surface area contributed by atoms with Gasteiger partial charge in [-0.05, 0) is 60.1 Å². The van der Waals surface area contributed by atoms with Gasteiger partial charge in [0.1, 0.15) is 5.75 Å². The Bertz CT molecular complexity index is 1220. The molecule has 0 saturated carbocycles. The molecule has 2 N–H and O–H groups in total. The number of carbonyl (C=O) groups is 2. The number of rotatable bonds is 7. The van der Waals surface area contributed by atoms with Crippen LogP contribution in [-0.2, 0) is 4.79 Å². The molecule has 1 aliphatic rings. The molecule has 4 rings (SSSR count). The first kappa shape index (κ1) is 25.1. The van der Waals surface area contributed by atoms with Gasteiger partial charge in [0.15, 0.2) is 11.7 Å². The number of thiocarbonyl (C=S) groups is 1. The number of non-ortho nitro benzene ring substituents is 1. The third kappa shape index (κ3) is 6.55. The lowest BCUT2D eigenvalue weighted by Gasteiger charge is -2.36. The van der Waals surface area contributed by atoms with Crippen LogP contribution in [0.5, 0.6) is 5.75 Å². The lowest BCUT2D eigenvalue weighted by molar-refractivity contribution is -0.384. The maximum Gasteiger partial charge on any atom is 0.269 e. The number of thiophene rings is 1. The standard InChI is InChI=1S/C24H23N5O5S2/c30-22(16-34-20-9-7-19(8-10-20)29(32)33)26-24(35)25-17-3-5-18(6-4-17)27-11-13-28(14-12-27)23(31)21-2-1-15-36-21/h1-10,15H,11-14,16H2,(H2,25,26,30,35). The number of ether oxygens (including phenoxy) is 1. The quantitative estimate of drug-likeness (QED) is 0.273. The van der Waals surface area contributed by atoms with E-state index in [9.17, 15) is 19.7 Å². The smallest absolute Gasteiger partial charge is 0.269 e. The van der Waals surface area contributed by atoms with Gasteiger partial charge in [0.25, 0.3) is 17.5 Å². The molecule has 2 heterocycles. The highest BCUT2D eigenvalue weighted by Crippen LogP contribution is 2.21. The third-order valence-corrected chi connectivity index (χ3v) is 6.52. The molecule has 2 amide bonds. The van der Waals surface area contributed by atoms with Gasteiger partial charge in [-0.25, -0.2) is 0 Å². The van der Waals surface area contributed by atoms with E-state index in [1.165, 1.54) is 35.6 Å². The van der Waals surface area contributed by atoms with Crippen molar-refractivity contribution in [1.29, 1.82) is 0 Å². The maximum absolute atomic E-state index is 12.5. The molecular formula is C24H23N5O5S2. The van der Waals surface area contributed by atoms with E-state index in [4.69, 9.17) is 17.0 Å². The zero-order valence-corrected chi connectivity index (χ0v) is 20.7. The van der Waals surface area contributed by atoms with E-state index < -0.39 is 10.8 Å². The largest absolute Gasteiger partial charge is 0.484 e. The molecule has 0 unspecified atom stereocenters. The van der Waals surface area contributed by atoms with Crippen LogP contribution in [0.25, 0.3) is 0 Å². The summed E-state index contributed by atoms with van der Waals surface area (Å²) < 4.78 is 5.33. The molecule has 10 nitrogen and oxygen atoms in total. The van der Waals surface area contributed by atoms with E-state index in [0.717, 1.165) is 23.7 Å². The summed E-state index contributed by atoms with van der Waals surface area (Å²) in [4.78, 5) is 39.6. The predicted octanol–water partition coefficient (Wildman–Crippen LogP) is 3.51. The van der Waals surface area contributed by atoms with Crippen LogP contribution in [0.15, 0.2) is 66.0 Å². The van der Waals surface area contributed by atoms with Gasteiger partial charge in [0.2, 0.25) is 0 Å². The van der Waals surface area contributed by atoms with Crippen molar-refractivity contribution in [2.45, 2.75) is 0 Å². The monoisotopic (exact) mass is 525 g/mol. The number of amides is 2. The van der Waals surface area contributed by atoms with Crippen LogP contribution < -0.4 is 20.3 Å². The second-order valence-corrected chi connectivity index (χ2v) is 9.20. The lowest BCUT2D eigenvalue weighted by atomic mass is 10.2. The number of hydrogen-bond acceptors (Lipinski definition) is 8. The molecule has 0 spiro atoms. The van der Waals surface area contributed by atoms with E-state index in [1.54, 1.807) is 0 Å². The first-order chi connectivity index (χ1) is 17.4. The SMILES string of the molecule is O=C(COc1ccc([N+](=O)[O-])cc1)NC(=S)Nc1ccc(N2CCN(C(=O)c3cccs3)CC2)cc1. The summed E-state index contributed by atoms with van der Waals surface area (Å²) >= 11 is 6.66. The minimum atomic E-state index is -0.511. The lowest BCUT2D eigenvalue weighted by Crippen LogP contribution is -2.48. The summed E-state index contributed by atoms with van der Waals surface area (Å²) in [5.74, 6) is -0.0442. The van der Waals surface area contributed by atoms with Gasteiger partial charge in [-0.2, -0.15) is 0 Å². The Balaban J connectivity index is 1.20. The molecular weight excluding hydrogens is 502 g/mol. The van der Waals surface area contributed by atoms with Crippen LogP contribution in [-0.4, -0.2) is 59.5 Å². The molecule has 0 radical (unpaired) electrons. The van der Waals surface area contributed by atoms with Gasteiger partial charge in [-0.1, -0.05) is 6.07 Å². The van der Waals surface area contributed by atoms with Crippen LogP contribution in [0.4, 0.5) is 17.1 Å². The van der Waals surface area contributed by atoms with E-state index in [0.29, 0.717) is 24.5 Å². The number of hydrogen-bond donors (Lipinski definition) is 2. The first-order valence-corrected chi connectivity index (χ1v) is 12.3. The molecule has 0 atom stereocenters. The summed E-state index contributed by atoms with van der Waals surface area (Å²) in [6, 6.07) is 16.8. The van der Waals surface area contributed by atoms with Crippen molar-refractivity contribution in [3.8, 4) is 5.75 Å². The average molecular weight is 526 g/mol. The number of piperazine rings is 1. The number of nitro benzene ring substituents is 1. The second-order valence-electron chi connectivity index (χ2n) is 7.85. The normalized spacial score (nSPS) is 13.1. The topological polar surface area (TPSA) is 117 Å². The number of anilines is 2. The summed E-state index contributed by atoms with van der Waals surface area (Å²) in [5, 5.41) is 18.2. The molecule has 0 bridgehead atoms. The van der Waals surface area contributed by atoms with E-state index in [-0.39, 0.29) is 23.3 Å². The van der Waals surface area contributed by atoms with Crippen molar-refractivity contribution in [3.63, 3.8) is 0 Å². The van der Waals surface area contributed by atoms with Gasteiger partial charge < -0.3 is 19.9 Å². The summed E-state index contributed by atoms with van der Waals surface area (Å²) in [7, 11) is 0. The first-order valence-electron chi connectivity index (χ1n) is 11.0. The van der Waals surface area contributed by atoms with Crippen molar-refractivity contribution in [3.05, 3.63) is 81.0 Å². The Labute approximate surface area is 216 Å². The second kappa shape index (κ2) is 11.6. The van der Waals surface area contributed by atoms with Gasteiger partial charge >= 0.3 is 0 Å². The average Bonchev–Trinajstić information content (AvgIpc) is 3.43. The fourth-order valence-corrected chi connectivity index (χ4v) is 4.54. The fourth-order valence-electron chi connectivity index (χ4n) is 3.62. The highest BCUT2D eigenvalue weighted by Gasteiger charge is 2.22. The van der Waals surface area contributed by atoms with Gasteiger partial charge in [0.05, 0.1) is 9.80 Å². The minimum absolute atomic E-state index is 0.0605. The zero-order chi connectivity index (χ0) is 25.5. The van der Waals surface area contributed by atoms with Gasteiger partial charge in [-0.15, -0.1) is 11.3 Å². The van der Waals surface area contributed by atoms with Gasteiger partial charge in [0, 0.05) is 49.7 Å². The Morgan fingerprint density at radius 1 is 1.03 bits per heavy atom. The maximum atomic E-state index is 12.5. The Morgan fingerprint density at radius 2 is 1.72 bits per heavy atom. The van der Waals surface area contributed by atoms with Crippen molar-refractivity contribution in [2.75, 3.05) is 43.0 Å². The highest BCUT2D eigenvalue weighted by molar-refractivity contribution is 7.80. The minimum Gasteiger partial charge on any atom is -0.484 e. The van der Waals surface area contributed by atoms with Gasteiger partial charge in [-0.3, -0.25) is 25.0 Å². The van der Waals surface area contributed by atoms with Crippen molar-refractivity contribution in [2.24, 2.45) is 0 Å². The number of nitrogens with one attached hydrogen (secondary N) is 2. The van der Waals surface area contributed by atoms with Crippen LogP contribution in [0.2, 0.25) is 0 Å². The van der Waals surface area contributed by atoms with E-state index >= 15 is 0 Å². The van der Waals surface area contributed by atoms with Crippen LogP contribution in [0, 0.1) is 10.1 Å². The predicted molar refractivity (Wildman–Crippen MR) is 142 cm³/mol. The number of nitro groups is 1. The Morgan fingerprint density at radius 3 is 2.33 bits per heavy atom. The number of nitrogens with zero attached hydrogens (tertiary/aromatic N) is 3. The van der Waals surface area contributed by atoms with Crippen LogP contribution >= 0.6 is 23.6 Å². The fraction of sp³-hybridized carbons (Fsp3) is 0.208. The Kier molecular flexibility index (Phi) is 8.08. The third-order valence-electron chi connectivity index (χ3n) is 5.46. The highest BCUT2D eigenvalue weighted by atomic mass is 32.1. The Hall–Kier alpha value is -4.03. The van der Waals surface area contributed by atoms with Crippen LogP contribution in [0.3, 0.4) is 0 Å². The molecule has 0 aliphatic carbocycles. The number of carbonyl (C=O) groups excluding carboxylic acids is 2. The molecule has 1 saturated heterocycles. The molecule has 1 aliphatic heterocycles. The summed E-state index contributed by atoms with van der Waals surface area (Å²) in [6.45, 7) is 2.52. The molecule has 3 aromatic rings. The summed E-state index contributed by atoms with van der Waals surface area (Å²) in [5.41, 5.74) is 1.69. The van der Waals surface area contributed by atoms with Crippen molar-refractivity contribution >= 4 is 57.5 Å². The molecule has 12 heteroatoms. The van der Waals surface area contributed by atoms with E-state index in [1.807, 2.05) is 46.7 Å². The molecule has 1 fully saturated rings. The van der Waals surface area contributed by atoms with Crippen molar-refractivity contribution in [1.82, 2.24) is 10.2 Å². The van der Waals surface area contributed by atoms with Crippen LogP contribution in [0.1, 0.15) is 9.67 Å². The van der Waals surface area contributed by atoms with Crippen molar-refractivity contribution < 1.29 is 19.2 Å². The number of benzene rings is 2.